The van der Waals surface area contributed by atoms with Crippen LogP contribution in [0, 0.1) is 10.1 Å². The second kappa shape index (κ2) is 6.51. The molecule has 110 valence electrons. The van der Waals surface area contributed by atoms with Crippen LogP contribution in [0.2, 0.25) is 0 Å². The van der Waals surface area contributed by atoms with Gasteiger partial charge >= 0.3 is 5.69 Å². The van der Waals surface area contributed by atoms with E-state index in [0.717, 1.165) is 0 Å². The monoisotopic (exact) mass is 345 g/mol. The fourth-order valence-corrected chi connectivity index (χ4v) is 2.60. The molecule has 0 spiro atoms. The maximum atomic E-state index is 11.2. The molecule has 1 unspecified atom stereocenters. The number of nitro groups is 1. The maximum Gasteiger partial charge on any atom is 0.312 e. The summed E-state index contributed by atoms with van der Waals surface area (Å²) in [5.74, 6) is 0.153. The standard InChI is InChI=1S/C13H16BrNO5/c1-8(16)11-6-9(14)7-12(15(17)18)13(11)20-10-2-4-19-5-3-10/h6-8,10,16H,2-5H2,1H3. The van der Waals surface area contributed by atoms with Crippen LogP contribution < -0.4 is 4.74 Å². The van der Waals surface area contributed by atoms with E-state index in [1.807, 2.05) is 0 Å². The van der Waals surface area contributed by atoms with Gasteiger partial charge in [-0.05, 0) is 13.0 Å². The first kappa shape index (κ1) is 15.2. The van der Waals surface area contributed by atoms with E-state index in [4.69, 9.17) is 9.47 Å². The summed E-state index contributed by atoms with van der Waals surface area (Å²) >= 11 is 3.22. The quantitative estimate of drug-likeness (QED) is 0.670. The van der Waals surface area contributed by atoms with E-state index in [0.29, 0.717) is 36.1 Å². The summed E-state index contributed by atoms with van der Waals surface area (Å²) in [4.78, 5) is 10.7. The number of nitro benzene ring substituents is 1. The van der Waals surface area contributed by atoms with Crippen molar-refractivity contribution in [3.8, 4) is 5.75 Å². The lowest BCUT2D eigenvalue weighted by Gasteiger charge is -2.25. The minimum Gasteiger partial charge on any atom is -0.483 e. The third-order valence-electron chi connectivity index (χ3n) is 3.16. The molecule has 1 aliphatic heterocycles. The van der Waals surface area contributed by atoms with Crippen molar-refractivity contribution >= 4 is 21.6 Å². The van der Waals surface area contributed by atoms with Gasteiger partial charge in [-0.15, -0.1) is 0 Å². The van der Waals surface area contributed by atoms with E-state index in [1.165, 1.54) is 6.07 Å². The zero-order valence-electron chi connectivity index (χ0n) is 11.0. The summed E-state index contributed by atoms with van der Waals surface area (Å²) in [5.41, 5.74) is 0.277. The van der Waals surface area contributed by atoms with E-state index in [2.05, 4.69) is 15.9 Å². The summed E-state index contributed by atoms with van der Waals surface area (Å²) in [6, 6.07) is 3.03. The van der Waals surface area contributed by atoms with Gasteiger partial charge in [0.2, 0.25) is 5.75 Å². The number of rotatable bonds is 4. The summed E-state index contributed by atoms with van der Waals surface area (Å²) in [7, 11) is 0. The molecule has 1 aliphatic rings. The van der Waals surface area contributed by atoms with Crippen LogP contribution in [0.5, 0.6) is 5.75 Å². The highest BCUT2D eigenvalue weighted by molar-refractivity contribution is 9.10. The fraction of sp³-hybridized carbons (Fsp3) is 0.538. The molecule has 0 radical (unpaired) electrons. The number of aliphatic hydroxyl groups excluding tert-OH is 1. The van der Waals surface area contributed by atoms with Crippen molar-refractivity contribution in [1.29, 1.82) is 0 Å². The van der Waals surface area contributed by atoms with Gasteiger partial charge in [-0.1, -0.05) is 15.9 Å². The van der Waals surface area contributed by atoms with Crippen molar-refractivity contribution in [1.82, 2.24) is 0 Å². The van der Waals surface area contributed by atoms with E-state index < -0.39 is 11.0 Å². The van der Waals surface area contributed by atoms with Gasteiger partial charge in [-0.3, -0.25) is 10.1 Å². The van der Waals surface area contributed by atoms with Crippen LogP contribution in [0.3, 0.4) is 0 Å². The lowest BCUT2D eigenvalue weighted by molar-refractivity contribution is -0.386. The molecular weight excluding hydrogens is 330 g/mol. The number of aliphatic hydroxyl groups is 1. The third-order valence-corrected chi connectivity index (χ3v) is 3.62. The molecule has 7 heteroatoms. The van der Waals surface area contributed by atoms with E-state index >= 15 is 0 Å². The number of halogens is 1. The Bertz CT molecular complexity index is 500. The molecular formula is C13H16BrNO5. The molecule has 0 bridgehead atoms. The fourth-order valence-electron chi connectivity index (χ4n) is 2.13. The first-order chi connectivity index (χ1) is 9.49. The van der Waals surface area contributed by atoms with E-state index in [9.17, 15) is 15.2 Å². The Balaban J connectivity index is 2.38. The van der Waals surface area contributed by atoms with Gasteiger partial charge in [0.05, 0.1) is 24.2 Å². The Kier molecular flexibility index (Phi) is 4.95. The van der Waals surface area contributed by atoms with E-state index in [-0.39, 0.29) is 17.5 Å². The van der Waals surface area contributed by atoms with Crippen molar-refractivity contribution < 1.29 is 19.5 Å². The minimum absolute atomic E-state index is 0.124. The Hall–Kier alpha value is -1.18. The predicted octanol–water partition coefficient (Wildman–Crippen LogP) is 2.97. The zero-order chi connectivity index (χ0) is 14.7. The smallest absolute Gasteiger partial charge is 0.312 e. The summed E-state index contributed by atoms with van der Waals surface area (Å²) in [6.45, 7) is 2.72. The molecule has 1 heterocycles. The van der Waals surface area contributed by atoms with Crippen LogP contribution in [0.15, 0.2) is 16.6 Å². The largest absolute Gasteiger partial charge is 0.483 e. The van der Waals surface area contributed by atoms with Crippen LogP contribution in [-0.2, 0) is 4.74 Å². The molecule has 0 saturated carbocycles. The highest BCUT2D eigenvalue weighted by Gasteiger charge is 2.26. The Morgan fingerprint density at radius 1 is 1.50 bits per heavy atom. The summed E-state index contributed by atoms with van der Waals surface area (Å²) < 4.78 is 11.6. The number of hydrogen-bond donors (Lipinski definition) is 1. The van der Waals surface area contributed by atoms with Crippen molar-refractivity contribution in [2.75, 3.05) is 13.2 Å². The minimum atomic E-state index is -0.846. The van der Waals surface area contributed by atoms with Gasteiger partial charge in [0.25, 0.3) is 0 Å². The van der Waals surface area contributed by atoms with Gasteiger partial charge in [-0.25, -0.2) is 0 Å². The van der Waals surface area contributed by atoms with Crippen LogP contribution in [0.1, 0.15) is 31.4 Å². The van der Waals surface area contributed by atoms with Crippen LogP contribution in [0.25, 0.3) is 0 Å². The zero-order valence-corrected chi connectivity index (χ0v) is 12.6. The maximum absolute atomic E-state index is 11.2. The second-order valence-corrected chi connectivity index (χ2v) is 5.62. The summed E-state index contributed by atoms with van der Waals surface area (Å²) in [6.07, 6.45) is 0.404. The van der Waals surface area contributed by atoms with Crippen LogP contribution >= 0.6 is 15.9 Å². The van der Waals surface area contributed by atoms with Crippen LogP contribution in [0.4, 0.5) is 5.69 Å². The number of nitrogens with zero attached hydrogens (tertiary/aromatic N) is 1. The normalized spacial score (nSPS) is 17.8. The summed E-state index contributed by atoms with van der Waals surface area (Å²) in [5, 5.41) is 21.0. The molecule has 2 rings (SSSR count). The van der Waals surface area contributed by atoms with Crippen molar-refractivity contribution in [3.63, 3.8) is 0 Å². The lowest BCUT2D eigenvalue weighted by Crippen LogP contribution is -2.26. The molecule has 1 atom stereocenters. The molecule has 1 N–H and O–H groups in total. The second-order valence-electron chi connectivity index (χ2n) is 4.71. The van der Waals surface area contributed by atoms with Crippen LogP contribution in [-0.4, -0.2) is 29.3 Å². The molecule has 1 saturated heterocycles. The number of benzene rings is 1. The average molecular weight is 346 g/mol. The van der Waals surface area contributed by atoms with Gasteiger partial charge < -0.3 is 14.6 Å². The van der Waals surface area contributed by atoms with Gasteiger partial charge in [0.15, 0.2) is 0 Å². The van der Waals surface area contributed by atoms with Crippen molar-refractivity contribution in [2.24, 2.45) is 0 Å². The van der Waals surface area contributed by atoms with Gasteiger partial charge in [-0.2, -0.15) is 0 Å². The topological polar surface area (TPSA) is 81.8 Å². The molecule has 0 aliphatic carbocycles. The highest BCUT2D eigenvalue weighted by Crippen LogP contribution is 2.39. The van der Waals surface area contributed by atoms with E-state index in [1.54, 1.807) is 13.0 Å². The Morgan fingerprint density at radius 2 is 2.15 bits per heavy atom. The van der Waals surface area contributed by atoms with Gasteiger partial charge in [0.1, 0.15) is 6.10 Å². The van der Waals surface area contributed by atoms with Gasteiger partial charge in [0, 0.05) is 28.9 Å². The third kappa shape index (κ3) is 3.47. The first-order valence-electron chi connectivity index (χ1n) is 6.39. The Morgan fingerprint density at radius 3 is 2.70 bits per heavy atom. The van der Waals surface area contributed by atoms with Crippen molar-refractivity contribution in [2.45, 2.75) is 32.0 Å². The molecule has 1 aromatic rings. The molecule has 20 heavy (non-hydrogen) atoms. The SMILES string of the molecule is CC(O)c1cc(Br)cc([N+](=O)[O-])c1OC1CCOCC1. The molecule has 1 fully saturated rings. The first-order valence-corrected chi connectivity index (χ1v) is 7.18. The molecule has 6 nitrogen and oxygen atoms in total. The molecule has 0 amide bonds. The van der Waals surface area contributed by atoms with Crippen molar-refractivity contribution in [3.05, 3.63) is 32.3 Å². The average Bonchev–Trinajstić information content (AvgIpc) is 2.41. The highest BCUT2D eigenvalue weighted by atomic mass is 79.9. The molecule has 0 aromatic heterocycles. The number of ether oxygens (including phenoxy) is 2. The number of hydrogen-bond acceptors (Lipinski definition) is 5. The molecule has 1 aromatic carbocycles. The Labute approximate surface area is 125 Å². The predicted molar refractivity (Wildman–Crippen MR) is 75.9 cm³/mol. The lowest BCUT2D eigenvalue weighted by atomic mass is 10.1.